The van der Waals surface area contributed by atoms with Crippen molar-refractivity contribution in [2.24, 2.45) is 11.8 Å². The Morgan fingerprint density at radius 3 is 2.76 bits per heavy atom. The molecule has 6 heteroatoms. The van der Waals surface area contributed by atoms with Crippen molar-refractivity contribution in [3.05, 3.63) is 53.1 Å². The molecule has 0 spiro atoms. The third-order valence-electron chi connectivity index (χ3n) is 4.92. The highest BCUT2D eigenvalue weighted by Crippen LogP contribution is 2.51. The molecule has 0 radical (unpaired) electrons. The summed E-state index contributed by atoms with van der Waals surface area (Å²) in [7, 11) is 0. The Morgan fingerprint density at radius 1 is 1.24 bits per heavy atom. The summed E-state index contributed by atoms with van der Waals surface area (Å²) >= 11 is 6.14. The molecule has 0 aliphatic carbocycles. The molecule has 5 nitrogen and oxygen atoms in total. The molecule has 2 aromatic rings. The topological polar surface area (TPSA) is 66.8 Å². The van der Waals surface area contributed by atoms with Gasteiger partial charge in [0, 0.05) is 17.0 Å². The largest absolute Gasteiger partial charge is 0.481 e. The van der Waals surface area contributed by atoms with Crippen LogP contribution in [0.3, 0.4) is 0 Å². The second-order valence-corrected chi connectivity index (χ2v) is 6.94. The first kappa shape index (κ1) is 16.0. The number of ether oxygens (including phenoxy) is 1. The van der Waals surface area contributed by atoms with Crippen molar-refractivity contribution in [3.8, 4) is 11.5 Å². The van der Waals surface area contributed by atoms with Crippen LogP contribution in [0.4, 0.5) is 5.69 Å². The smallest absolute Gasteiger partial charge is 0.309 e. The van der Waals surface area contributed by atoms with Crippen LogP contribution in [-0.2, 0) is 9.59 Å². The number of carbonyl (C=O) groups is 2. The number of nitrogens with zero attached hydrogens (tertiary/aromatic N) is 1. The van der Waals surface area contributed by atoms with Crippen molar-refractivity contribution in [1.82, 2.24) is 0 Å². The summed E-state index contributed by atoms with van der Waals surface area (Å²) in [6, 6.07) is 11.7. The maximum atomic E-state index is 12.9. The summed E-state index contributed by atoms with van der Waals surface area (Å²) in [5.74, 6) is -1.00. The molecule has 4 rings (SSSR count). The summed E-state index contributed by atoms with van der Waals surface area (Å²) in [6.07, 6.45) is 0.168. The van der Waals surface area contributed by atoms with Crippen LogP contribution in [0.2, 0.25) is 5.02 Å². The molecule has 0 bridgehead atoms. The highest BCUT2D eigenvalue weighted by atomic mass is 35.5. The van der Waals surface area contributed by atoms with Gasteiger partial charge in [-0.05, 0) is 30.2 Å². The molecule has 25 heavy (non-hydrogen) atoms. The van der Waals surface area contributed by atoms with E-state index in [0.29, 0.717) is 27.8 Å². The predicted molar refractivity (Wildman–Crippen MR) is 93.1 cm³/mol. The molecule has 1 N–H and O–H groups in total. The zero-order chi connectivity index (χ0) is 17.7. The number of carboxylic acid groups (broad SMARTS) is 1. The van der Waals surface area contributed by atoms with Gasteiger partial charge in [-0.15, -0.1) is 0 Å². The third kappa shape index (κ3) is 2.46. The van der Waals surface area contributed by atoms with Gasteiger partial charge in [-0.1, -0.05) is 36.7 Å². The lowest BCUT2D eigenvalue weighted by atomic mass is 9.77. The normalized spacial score (nSPS) is 24.5. The van der Waals surface area contributed by atoms with Crippen molar-refractivity contribution in [1.29, 1.82) is 0 Å². The lowest BCUT2D eigenvalue weighted by molar-refractivity contribution is -0.146. The molecule has 0 aromatic heterocycles. The number of hydrogen-bond acceptors (Lipinski definition) is 3. The van der Waals surface area contributed by atoms with Gasteiger partial charge in [0.05, 0.1) is 17.6 Å². The number of benzene rings is 2. The Balaban J connectivity index is 2.01. The van der Waals surface area contributed by atoms with Crippen LogP contribution in [0.5, 0.6) is 11.5 Å². The van der Waals surface area contributed by atoms with E-state index >= 15 is 0 Å². The van der Waals surface area contributed by atoms with E-state index in [1.165, 1.54) is 0 Å². The summed E-state index contributed by atoms with van der Waals surface area (Å²) in [6.45, 7) is 1.81. The molecule has 2 aromatic carbocycles. The van der Waals surface area contributed by atoms with Crippen LogP contribution < -0.4 is 9.64 Å². The molecular formula is C19H16ClNO4. The van der Waals surface area contributed by atoms with Gasteiger partial charge in [-0.3, -0.25) is 9.59 Å². The van der Waals surface area contributed by atoms with Gasteiger partial charge in [0.2, 0.25) is 5.91 Å². The number of para-hydroxylation sites is 1. The van der Waals surface area contributed by atoms with Crippen LogP contribution in [0.1, 0.15) is 24.9 Å². The molecule has 2 heterocycles. The first-order chi connectivity index (χ1) is 12.0. The van der Waals surface area contributed by atoms with Crippen LogP contribution in [-0.4, -0.2) is 17.0 Å². The molecule has 2 aliphatic rings. The van der Waals surface area contributed by atoms with Gasteiger partial charge in [-0.25, -0.2) is 0 Å². The average Bonchev–Trinajstić information content (AvgIpc) is 2.69. The van der Waals surface area contributed by atoms with Crippen LogP contribution >= 0.6 is 11.6 Å². The van der Waals surface area contributed by atoms with Crippen LogP contribution in [0.25, 0.3) is 0 Å². The number of carboxylic acids is 1. The lowest BCUT2D eigenvalue weighted by Gasteiger charge is -2.41. The Labute approximate surface area is 149 Å². The van der Waals surface area contributed by atoms with Crippen molar-refractivity contribution >= 4 is 29.2 Å². The summed E-state index contributed by atoms with van der Waals surface area (Å²) < 4.78 is 6.02. The van der Waals surface area contributed by atoms with E-state index in [9.17, 15) is 14.7 Å². The zero-order valence-electron chi connectivity index (χ0n) is 13.5. The van der Waals surface area contributed by atoms with Crippen molar-refractivity contribution in [2.75, 3.05) is 4.90 Å². The first-order valence-electron chi connectivity index (χ1n) is 8.08. The number of amides is 1. The zero-order valence-corrected chi connectivity index (χ0v) is 14.2. The summed E-state index contributed by atoms with van der Waals surface area (Å²) in [5, 5.41) is 10.3. The van der Waals surface area contributed by atoms with E-state index in [0.717, 1.165) is 0 Å². The Hall–Kier alpha value is -2.53. The number of piperidine rings is 1. The molecule has 0 saturated carbocycles. The predicted octanol–water partition coefficient (Wildman–Crippen LogP) is 4.26. The van der Waals surface area contributed by atoms with Gasteiger partial charge in [0.1, 0.15) is 5.75 Å². The highest BCUT2D eigenvalue weighted by Gasteiger charge is 2.48. The minimum Gasteiger partial charge on any atom is -0.481 e. The van der Waals surface area contributed by atoms with Crippen LogP contribution in [0.15, 0.2) is 42.5 Å². The molecule has 3 unspecified atom stereocenters. The average molecular weight is 358 g/mol. The SMILES string of the molecule is CC1CC(=O)N2c3cc(Cl)ccc3Oc3ccccc3C2C1C(=O)O. The number of aliphatic carboxylic acids is 1. The molecule has 3 atom stereocenters. The van der Waals surface area contributed by atoms with E-state index in [-0.39, 0.29) is 18.2 Å². The van der Waals surface area contributed by atoms with Crippen molar-refractivity contribution < 1.29 is 19.4 Å². The molecule has 1 amide bonds. The van der Waals surface area contributed by atoms with Gasteiger partial charge in [0.15, 0.2) is 5.75 Å². The van der Waals surface area contributed by atoms with Crippen LogP contribution in [0, 0.1) is 11.8 Å². The second kappa shape index (κ2) is 5.77. The molecular weight excluding hydrogens is 342 g/mol. The van der Waals surface area contributed by atoms with E-state index in [2.05, 4.69) is 0 Å². The van der Waals surface area contributed by atoms with Crippen molar-refractivity contribution in [2.45, 2.75) is 19.4 Å². The summed E-state index contributed by atoms with van der Waals surface area (Å²) in [5.41, 5.74) is 1.21. The molecule has 1 fully saturated rings. The molecule has 2 aliphatic heterocycles. The number of anilines is 1. The third-order valence-corrected chi connectivity index (χ3v) is 5.16. The number of fused-ring (bicyclic) bond motifs is 5. The lowest BCUT2D eigenvalue weighted by Crippen LogP contribution is -2.48. The number of rotatable bonds is 1. The minimum atomic E-state index is -0.921. The second-order valence-electron chi connectivity index (χ2n) is 6.51. The van der Waals surface area contributed by atoms with E-state index in [4.69, 9.17) is 16.3 Å². The minimum absolute atomic E-state index is 0.126. The number of carbonyl (C=O) groups excluding carboxylic acids is 1. The van der Waals surface area contributed by atoms with Gasteiger partial charge in [0.25, 0.3) is 0 Å². The maximum Gasteiger partial charge on any atom is 0.309 e. The standard InChI is InChI=1S/C19H16ClNO4/c1-10-8-16(22)21-13-9-11(20)6-7-15(13)25-14-5-3-2-4-12(14)18(21)17(10)19(23)24/h2-7,9-10,17-18H,8H2,1H3,(H,23,24). The highest BCUT2D eigenvalue weighted by molar-refractivity contribution is 6.31. The number of hydrogen-bond donors (Lipinski definition) is 1. The fourth-order valence-electron chi connectivity index (χ4n) is 3.82. The van der Waals surface area contributed by atoms with E-state index in [1.807, 2.05) is 18.2 Å². The first-order valence-corrected chi connectivity index (χ1v) is 8.46. The Bertz CT molecular complexity index is 881. The monoisotopic (exact) mass is 357 g/mol. The van der Waals surface area contributed by atoms with E-state index < -0.39 is 17.9 Å². The van der Waals surface area contributed by atoms with Gasteiger partial charge >= 0.3 is 5.97 Å². The van der Waals surface area contributed by atoms with Gasteiger partial charge < -0.3 is 14.7 Å². The molecule has 128 valence electrons. The fraction of sp³-hybridized carbons (Fsp3) is 0.263. The van der Waals surface area contributed by atoms with Crippen molar-refractivity contribution in [3.63, 3.8) is 0 Å². The number of halogens is 1. The Kier molecular flexibility index (Phi) is 3.69. The quantitative estimate of drug-likeness (QED) is 0.828. The van der Waals surface area contributed by atoms with Gasteiger partial charge in [-0.2, -0.15) is 0 Å². The summed E-state index contributed by atoms with van der Waals surface area (Å²) in [4.78, 5) is 26.4. The maximum absolute atomic E-state index is 12.9. The molecule has 1 saturated heterocycles. The fourth-order valence-corrected chi connectivity index (χ4v) is 3.99. The Morgan fingerprint density at radius 2 is 2.00 bits per heavy atom. The van der Waals surface area contributed by atoms with E-state index in [1.54, 1.807) is 36.1 Å².